The number of amides is 2. The average Bonchev–Trinajstić information content (AvgIpc) is 3.50. The second kappa shape index (κ2) is 9.14. The summed E-state index contributed by atoms with van der Waals surface area (Å²) in [7, 11) is 0. The molecule has 0 radical (unpaired) electrons. The first-order chi connectivity index (χ1) is 13.6. The van der Waals surface area contributed by atoms with Crippen LogP contribution in [0.4, 0.5) is 5.69 Å². The molecule has 1 aliphatic heterocycles. The molecule has 3 rings (SSSR count). The zero-order valence-corrected chi connectivity index (χ0v) is 15.6. The predicted molar refractivity (Wildman–Crippen MR) is 104 cm³/mol. The van der Waals surface area contributed by atoms with Gasteiger partial charge in [-0.3, -0.25) is 19.7 Å². The second-order valence-corrected chi connectivity index (χ2v) is 6.48. The minimum Gasteiger partial charge on any atom is -0.465 e. The van der Waals surface area contributed by atoms with Gasteiger partial charge in [0.25, 0.3) is 0 Å². The Labute approximate surface area is 163 Å². The van der Waals surface area contributed by atoms with Crippen molar-refractivity contribution in [3.63, 3.8) is 0 Å². The van der Waals surface area contributed by atoms with Crippen LogP contribution in [0.15, 0.2) is 60.7 Å². The molecule has 146 valence electrons. The lowest BCUT2D eigenvalue weighted by atomic mass is 10.0. The SMILES string of the molecule is CCOC(=O)[C@H]1N[C@@H]1C(=O)N[C@@H](Cc1ccccc1)C(=O)Nc1ccccc1. The van der Waals surface area contributed by atoms with Crippen molar-refractivity contribution in [2.45, 2.75) is 31.5 Å². The summed E-state index contributed by atoms with van der Waals surface area (Å²) in [5.41, 5.74) is 1.57. The fourth-order valence-corrected chi connectivity index (χ4v) is 2.87. The quantitative estimate of drug-likeness (QED) is 0.471. The highest BCUT2D eigenvalue weighted by atomic mass is 16.5. The molecule has 7 heteroatoms. The third kappa shape index (κ3) is 5.17. The maximum atomic E-state index is 12.8. The summed E-state index contributed by atoms with van der Waals surface area (Å²) >= 11 is 0. The largest absolute Gasteiger partial charge is 0.465 e. The van der Waals surface area contributed by atoms with Crippen LogP contribution in [-0.2, 0) is 25.5 Å². The van der Waals surface area contributed by atoms with Crippen molar-refractivity contribution in [1.82, 2.24) is 10.6 Å². The van der Waals surface area contributed by atoms with Crippen LogP contribution in [0.5, 0.6) is 0 Å². The van der Waals surface area contributed by atoms with Gasteiger partial charge in [0.1, 0.15) is 18.1 Å². The molecule has 1 saturated heterocycles. The number of benzene rings is 2. The summed E-state index contributed by atoms with van der Waals surface area (Å²) in [6.07, 6.45) is 0.335. The summed E-state index contributed by atoms with van der Waals surface area (Å²) in [5.74, 6) is -1.19. The number of ether oxygens (including phenoxy) is 1. The maximum absolute atomic E-state index is 12.8. The van der Waals surface area contributed by atoms with Crippen molar-refractivity contribution in [3.05, 3.63) is 66.2 Å². The van der Waals surface area contributed by atoms with Crippen molar-refractivity contribution in [3.8, 4) is 0 Å². The monoisotopic (exact) mass is 381 g/mol. The Balaban J connectivity index is 1.67. The van der Waals surface area contributed by atoms with Crippen molar-refractivity contribution in [1.29, 1.82) is 0 Å². The Hall–Kier alpha value is -3.19. The minimum atomic E-state index is -0.777. The average molecular weight is 381 g/mol. The summed E-state index contributed by atoms with van der Waals surface area (Å²) in [6, 6.07) is 16.4. The highest BCUT2D eigenvalue weighted by Crippen LogP contribution is 2.15. The zero-order chi connectivity index (χ0) is 19.9. The van der Waals surface area contributed by atoms with Gasteiger partial charge < -0.3 is 15.4 Å². The molecule has 2 aromatic rings. The van der Waals surface area contributed by atoms with Gasteiger partial charge in [-0.2, -0.15) is 0 Å². The summed E-state index contributed by atoms with van der Waals surface area (Å²) in [6.45, 7) is 1.96. The lowest BCUT2D eigenvalue weighted by Gasteiger charge is -2.18. The van der Waals surface area contributed by atoms with Crippen LogP contribution in [0.2, 0.25) is 0 Å². The second-order valence-electron chi connectivity index (χ2n) is 6.48. The molecule has 0 aliphatic carbocycles. The summed E-state index contributed by atoms with van der Waals surface area (Å²) in [4.78, 5) is 37.0. The van der Waals surface area contributed by atoms with E-state index >= 15 is 0 Å². The van der Waals surface area contributed by atoms with Crippen LogP contribution < -0.4 is 16.0 Å². The Kier molecular flexibility index (Phi) is 6.39. The van der Waals surface area contributed by atoms with E-state index in [1.54, 1.807) is 19.1 Å². The fourth-order valence-electron chi connectivity index (χ4n) is 2.87. The van der Waals surface area contributed by atoms with E-state index in [4.69, 9.17) is 4.74 Å². The van der Waals surface area contributed by atoms with Crippen molar-refractivity contribution in [2.75, 3.05) is 11.9 Å². The van der Waals surface area contributed by atoms with Gasteiger partial charge in [-0.05, 0) is 24.6 Å². The molecular weight excluding hydrogens is 358 g/mol. The number of rotatable bonds is 8. The molecule has 0 bridgehead atoms. The van der Waals surface area contributed by atoms with Gasteiger partial charge >= 0.3 is 5.97 Å². The van der Waals surface area contributed by atoms with E-state index in [-0.39, 0.29) is 12.5 Å². The number of esters is 1. The first-order valence-corrected chi connectivity index (χ1v) is 9.21. The molecule has 0 saturated carbocycles. The molecule has 28 heavy (non-hydrogen) atoms. The van der Waals surface area contributed by atoms with Crippen LogP contribution in [0.1, 0.15) is 12.5 Å². The summed E-state index contributed by atoms with van der Waals surface area (Å²) < 4.78 is 4.91. The van der Waals surface area contributed by atoms with E-state index < -0.39 is 30.0 Å². The number of hydrogen-bond donors (Lipinski definition) is 3. The normalized spacial score (nSPS) is 18.6. The molecule has 1 fully saturated rings. The molecule has 0 spiro atoms. The van der Waals surface area contributed by atoms with E-state index in [9.17, 15) is 14.4 Å². The number of carbonyl (C=O) groups excluding carboxylic acids is 3. The van der Waals surface area contributed by atoms with Crippen molar-refractivity contribution < 1.29 is 19.1 Å². The van der Waals surface area contributed by atoms with Crippen LogP contribution in [0.25, 0.3) is 0 Å². The molecule has 3 N–H and O–H groups in total. The minimum absolute atomic E-state index is 0.251. The lowest BCUT2D eigenvalue weighted by Crippen LogP contribution is -2.47. The van der Waals surface area contributed by atoms with E-state index in [1.165, 1.54) is 0 Å². The van der Waals surface area contributed by atoms with Crippen LogP contribution in [0, 0.1) is 0 Å². The van der Waals surface area contributed by atoms with Gasteiger partial charge in [-0.1, -0.05) is 48.5 Å². The molecule has 1 heterocycles. The third-order valence-corrected chi connectivity index (χ3v) is 4.36. The Morgan fingerprint density at radius 1 is 1.00 bits per heavy atom. The van der Waals surface area contributed by atoms with Gasteiger partial charge in [0.05, 0.1) is 6.61 Å². The Morgan fingerprint density at radius 3 is 2.29 bits per heavy atom. The van der Waals surface area contributed by atoms with Gasteiger partial charge in [-0.25, -0.2) is 0 Å². The van der Waals surface area contributed by atoms with Gasteiger partial charge in [0.2, 0.25) is 11.8 Å². The molecule has 2 aromatic carbocycles. The van der Waals surface area contributed by atoms with Gasteiger partial charge in [0.15, 0.2) is 0 Å². The van der Waals surface area contributed by atoms with Gasteiger partial charge in [-0.15, -0.1) is 0 Å². The zero-order valence-electron chi connectivity index (χ0n) is 15.6. The molecular formula is C21H23N3O4. The highest BCUT2D eigenvalue weighted by molar-refractivity contribution is 6.00. The first kappa shape index (κ1) is 19.6. The summed E-state index contributed by atoms with van der Waals surface area (Å²) in [5, 5.41) is 8.36. The smallest absolute Gasteiger partial charge is 0.325 e. The molecule has 0 unspecified atom stereocenters. The van der Waals surface area contributed by atoms with Crippen LogP contribution in [0.3, 0.4) is 0 Å². The standard InChI is InChI=1S/C21H23N3O4/c1-2-28-21(27)18-17(24-18)20(26)23-16(13-14-9-5-3-6-10-14)19(25)22-15-11-7-4-8-12-15/h3-12,16-18,24H,2,13H2,1H3,(H,22,25)(H,23,26)/t16-,17-,18-/m0/s1. The van der Waals surface area contributed by atoms with E-state index in [0.29, 0.717) is 12.1 Å². The lowest BCUT2D eigenvalue weighted by molar-refractivity contribution is -0.143. The van der Waals surface area contributed by atoms with Gasteiger partial charge in [0, 0.05) is 12.1 Å². The molecule has 7 nitrogen and oxygen atoms in total. The highest BCUT2D eigenvalue weighted by Gasteiger charge is 2.49. The number of anilines is 1. The molecule has 3 atom stereocenters. The van der Waals surface area contributed by atoms with E-state index in [1.807, 2.05) is 48.5 Å². The third-order valence-electron chi connectivity index (χ3n) is 4.36. The predicted octanol–water partition coefficient (Wildman–Crippen LogP) is 1.26. The Morgan fingerprint density at radius 2 is 1.64 bits per heavy atom. The Bertz CT molecular complexity index is 826. The fraction of sp³-hybridized carbons (Fsp3) is 0.286. The number of hydrogen-bond acceptors (Lipinski definition) is 5. The van der Waals surface area contributed by atoms with Crippen molar-refractivity contribution >= 4 is 23.5 Å². The number of carbonyl (C=O) groups is 3. The van der Waals surface area contributed by atoms with Crippen molar-refractivity contribution in [2.24, 2.45) is 0 Å². The topological polar surface area (TPSA) is 106 Å². The van der Waals surface area contributed by atoms with E-state index in [2.05, 4.69) is 16.0 Å². The molecule has 0 aromatic heterocycles. The maximum Gasteiger partial charge on any atom is 0.325 e. The first-order valence-electron chi connectivity index (χ1n) is 9.21. The number of nitrogens with one attached hydrogen (secondary N) is 3. The van der Waals surface area contributed by atoms with Crippen LogP contribution in [-0.4, -0.2) is 42.5 Å². The molecule has 1 aliphatic rings. The van der Waals surface area contributed by atoms with E-state index in [0.717, 1.165) is 5.56 Å². The van der Waals surface area contributed by atoms with Crippen LogP contribution >= 0.6 is 0 Å². The number of para-hydroxylation sites is 1. The molecule has 2 amide bonds.